The van der Waals surface area contributed by atoms with Crippen molar-refractivity contribution in [2.24, 2.45) is 0 Å². The maximum absolute atomic E-state index is 12.4. The van der Waals surface area contributed by atoms with Crippen molar-refractivity contribution < 1.29 is 18.0 Å². The summed E-state index contributed by atoms with van der Waals surface area (Å²) >= 11 is 5.89. The van der Waals surface area contributed by atoms with Crippen LogP contribution in [0.5, 0.6) is 0 Å². The van der Waals surface area contributed by atoms with Crippen molar-refractivity contribution in [3.8, 4) is 0 Å². The van der Waals surface area contributed by atoms with Crippen LogP contribution in [0.3, 0.4) is 0 Å². The van der Waals surface area contributed by atoms with Crippen molar-refractivity contribution in [3.63, 3.8) is 0 Å². The number of aromatic nitrogens is 1. The summed E-state index contributed by atoms with van der Waals surface area (Å²) in [5, 5.41) is 2.73. The van der Waals surface area contributed by atoms with Crippen LogP contribution in [0.4, 0.5) is 0 Å². The van der Waals surface area contributed by atoms with Gasteiger partial charge in [-0.3, -0.25) is 9.59 Å². The van der Waals surface area contributed by atoms with E-state index in [4.69, 9.17) is 11.6 Å². The van der Waals surface area contributed by atoms with Crippen LogP contribution in [0.1, 0.15) is 39.3 Å². The fourth-order valence-corrected chi connectivity index (χ4v) is 3.46. The Morgan fingerprint density at radius 1 is 1.08 bits per heavy atom. The summed E-state index contributed by atoms with van der Waals surface area (Å²) in [5.74, 6) is -1.13. The number of amides is 2. The molecular formula is C17H16ClN3O4S. The van der Waals surface area contributed by atoms with E-state index in [1.165, 1.54) is 30.3 Å². The largest absolute Gasteiger partial charge is 0.349 e. The number of halogens is 1. The highest BCUT2D eigenvalue weighted by atomic mass is 35.5. The lowest BCUT2D eigenvalue weighted by atomic mass is 10.2. The molecule has 1 heterocycles. The predicted octanol–water partition coefficient (Wildman–Crippen LogP) is 2.05. The van der Waals surface area contributed by atoms with Gasteiger partial charge in [-0.05, 0) is 56.2 Å². The maximum Gasteiger partial charge on any atom is 0.268 e. The number of sulfonamides is 1. The molecule has 0 aliphatic heterocycles. The second-order valence-electron chi connectivity index (χ2n) is 6.00. The summed E-state index contributed by atoms with van der Waals surface area (Å²) in [7, 11) is -4.11. The van der Waals surface area contributed by atoms with Gasteiger partial charge in [-0.2, -0.15) is 0 Å². The summed E-state index contributed by atoms with van der Waals surface area (Å²) < 4.78 is 26.7. The standard InChI is InChI=1S/C17H16ClN3O4S/c1-10-2-9-14(15(18)19-10)17(23)21-26(24,25)13-7-3-11(4-8-13)16(22)20-12-5-6-12/h2-4,7-9,12H,5-6H2,1H3,(H,20,22)(H,21,23). The van der Waals surface area contributed by atoms with Crippen LogP contribution in [0.2, 0.25) is 5.15 Å². The van der Waals surface area contributed by atoms with Crippen molar-refractivity contribution in [1.82, 2.24) is 15.0 Å². The van der Waals surface area contributed by atoms with Crippen LogP contribution in [0.25, 0.3) is 0 Å². The van der Waals surface area contributed by atoms with Crippen molar-refractivity contribution >= 4 is 33.4 Å². The molecule has 136 valence electrons. The molecule has 7 nitrogen and oxygen atoms in total. The number of carbonyl (C=O) groups excluding carboxylic acids is 2. The smallest absolute Gasteiger partial charge is 0.268 e. The van der Waals surface area contributed by atoms with Gasteiger partial charge in [-0.15, -0.1) is 0 Å². The minimum Gasteiger partial charge on any atom is -0.349 e. The van der Waals surface area contributed by atoms with Gasteiger partial charge in [0, 0.05) is 17.3 Å². The fourth-order valence-electron chi connectivity index (χ4n) is 2.21. The average molecular weight is 394 g/mol. The molecule has 1 fully saturated rings. The van der Waals surface area contributed by atoms with Crippen LogP contribution in [-0.4, -0.2) is 31.3 Å². The minimum atomic E-state index is -4.11. The highest BCUT2D eigenvalue weighted by Crippen LogP contribution is 2.20. The Hall–Kier alpha value is -2.45. The number of hydrogen-bond donors (Lipinski definition) is 2. The molecule has 1 aromatic carbocycles. The molecule has 9 heteroatoms. The van der Waals surface area contributed by atoms with Crippen LogP contribution < -0.4 is 10.0 Å². The number of carbonyl (C=O) groups is 2. The molecule has 26 heavy (non-hydrogen) atoms. The van der Waals surface area contributed by atoms with Crippen molar-refractivity contribution in [1.29, 1.82) is 0 Å². The Kier molecular flexibility index (Phi) is 4.97. The van der Waals surface area contributed by atoms with Gasteiger partial charge < -0.3 is 5.32 Å². The Labute approximate surface area is 155 Å². The first kappa shape index (κ1) is 18.3. The van der Waals surface area contributed by atoms with Crippen molar-refractivity contribution in [3.05, 3.63) is 58.4 Å². The number of aryl methyl sites for hydroxylation is 1. The van der Waals surface area contributed by atoms with E-state index < -0.39 is 15.9 Å². The Balaban J connectivity index is 1.74. The van der Waals surface area contributed by atoms with Crippen LogP contribution >= 0.6 is 11.6 Å². The molecule has 1 saturated carbocycles. The van der Waals surface area contributed by atoms with Gasteiger partial charge in [0.25, 0.3) is 21.8 Å². The van der Waals surface area contributed by atoms with Gasteiger partial charge in [0.2, 0.25) is 0 Å². The lowest BCUT2D eigenvalue weighted by Crippen LogP contribution is -2.31. The zero-order valence-corrected chi connectivity index (χ0v) is 15.4. The predicted molar refractivity (Wildman–Crippen MR) is 95.6 cm³/mol. The van der Waals surface area contributed by atoms with Gasteiger partial charge in [-0.1, -0.05) is 11.6 Å². The third kappa shape index (κ3) is 4.20. The van der Waals surface area contributed by atoms with Gasteiger partial charge in [-0.25, -0.2) is 18.1 Å². The zero-order valence-electron chi connectivity index (χ0n) is 13.8. The molecule has 0 bridgehead atoms. The first-order valence-corrected chi connectivity index (χ1v) is 9.73. The lowest BCUT2D eigenvalue weighted by molar-refractivity contribution is 0.0948. The topological polar surface area (TPSA) is 105 Å². The van der Waals surface area contributed by atoms with E-state index in [1.807, 2.05) is 4.72 Å². The number of nitrogens with zero attached hydrogens (tertiary/aromatic N) is 1. The molecular weight excluding hydrogens is 378 g/mol. The number of hydrogen-bond acceptors (Lipinski definition) is 5. The molecule has 0 spiro atoms. The highest BCUT2D eigenvalue weighted by Gasteiger charge is 2.24. The SMILES string of the molecule is Cc1ccc(C(=O)NS(=O)(=O)c2ccc(C(=O)NC3CC3)cc2)c(Cl)n1. The Morgan fingerprint density at radius 3 is 2.31 bits per heavy atom. The summed E-state index contributed by atoms with van der Waals surface area (Å²) in [5.41, 5.74) is 0.920. The van der Waals surface area contributed by atoms with E-state index in [2.05, 4.69) is 10.3 Å². The zero-order chi connectivity index (χ0) is 18.9. The van der Waals surface area contributed by atoms with E-state index in [-0.39, 0.29) is 27.6 Å². The third-order valence-corrected chi connectivity index (χ3v) is 5.43. The number of rotatable bonds is 5. The van der Waals surface area contributed by atoms with Crippen molar-refractivity contribution in [2.45, 2.75) is 30.7 Å². The first-order valence-electron chi connectivity index (χ1n) is 7.87. The average Bonchev–Trinajstić information content (AvgIpc) is 3.38. The summed E-state index contributed by atoms with van der Waals surface area (Å²) in [6.07, 6.45) is 1.92. The fraction of sp³-hybridized carbons (Fsp3) is 0.235. The number of nitrogens with one attached hydrogen (secondary N) is 2. The van der Waals surface area contributed by atoms with E-state index in [0.717, 1.165) is 12.8 Å². The van der Waals surface area contributed by atoms with Crippen molar-refractivity contribution in [2.75, 3.05) is 0 Å². The monoisotopic (exact) mass is 393 g/mol. The first-order chi connectivity index (χ1) is 12.3. The summed E-state index contributed by atoms with van der Waals surface area (Å²) in [6, 6.07) is 8.51. The molecule has 0 atom stereocenters. The van der Waals surface area contributed by atoms with Crippen LogP contribution in [-0.2, 0) is 10.0 Å². The van der Waals surface area contributed by atoms with Gasteiger partial charge in [0.15, 0.2) is 0 Å². The molecule has 3 rings (SSSR count). The summed E-state index contributed by atoms with van der Waals surface area (Å²) in [6.45, 7) is 1.70. The summed E-state index contributed by atoms with van der Waals surface area (Å²) in [4.78, 5) is 27.9. The number of pyridine rings is 1. The molecule has 2 amide bonds. The Morgan fingerprint density at radius 2 is 1.73 bits per heavy atom. The molecule has 0 saturated heterocycles. The number of benzene rings is 1. The third-order valence-electron chi connectivity index (χ3n) is 3.80. The maximum atomic E-state index is 12.4. The normalized spacial score (nSPS) is 13.9. The van der Waals surface area contributed by atoms with E-state index >= 15 is 0 Å². The molecule has 1 aliphatic rings. The molecule has 2 aromatic rings. The van der Waals surface area contributed by atoms with Crippen LogP contribution in [0, 0.1) is 6.92 Å². The molecule has 1 aliphatic carbocycles. The highest BCUT2D eigenvalue weighted by molar-refractivity contribution is 7.90. The van der Waals surface area contributed by atoms with Gasteiger partial charge >= 0.3 is 0 Å². The van der Waals surface area contributed by atoms with E-state index in [0.29, 0.717) is 11.3 Å². The second-order valence-corrected chi connectivity index (χ2v) is 8.04. The minimum absolute atomic E-state index is 0.0405. The molecule has 2 N–H and O–H groups in total. The molecule has 0 unspecified atom stereocenters. The molecule has 1 aromatic heterocycles. The van der Waals surface area contributed by atoms with Gasteiger partial charge in [0.05, 0.1) is 10.5 Å². The van der Waals surface area contributed by atoms with Crippen LogP contribution in [0.15, 0.2) is 41.3 Å². The van der Waals surface area contributed by atoms with E-state index in [1.54, 1.807) is 13.0 Å². The lowest BCUT2D eigenvalue weighted by Gasteiger charge is -2.09. The Bertz CT molecular complexity index is 970. The quantitative estimate of drug-likeness (QED) is 0.756. The second kappa shape index (κ2) is 7.05. The molecule has 0 radical (unpaired) electrons. The van der Waals surface area contributed by atoms with Gasteiger partial charge in [0.1, 0.15) is 5.15 Å². The van der Waals surface area contributed by atoms with E-state index in [9.17, 15) is 18.0 Å².